The Morgan fingerprint density at radius 3 is 2.43 bits per heavy atom. The van der Waals surface area contributed by atoms with E-state index in [4.69, 9.17) is 28.3 Å². The van der Waals surface area contributed by atoms with Gasteiger partial charge in [0.05, 0.1) is 26.8 Å². The van der Waals surface area contributed by atoms with E-state index >= 15 is 0 Å². The average molecular weight is 417 g/mol. The van der Waals surface area contributed by atoms with Crippen LogP contribution in [0.2, 0.25) is 10.0 Å². The van der Waals surface area contributed by atoms with Gasteiger partial charge in [0.2, 0.25) is 0 Å². The van der Waals surface area contributed by atoms with Crippen LogP contribution in [0.25, 0.3) is 10.9 Å². The number of rotatable bonds is 6. The maximum atomic E-state index is 12.7. The summed E-state index contributed by atoms with van der Waals surface area (Å²) in [5.41, 5.74) is 3.22. The molecule has 28 heavy (non-hydrogen) atoms. The van der Waals surface area contributed by atoms with Gasteiger partial charge in [0.25, 0.3) is 5.91 Å². The normalized spacial score (nSPS) is 10.8. The topological polar surface area (TPSA) is 79.3 Å². The molecule has 0 fully saturated rings. The van der Waals surface area contributed by atoms with Gasteiger partial charge in [0.1, 0.15) is 0 Å². The maximum absolute atomic E-state index is 12.7. The van der Waals surface area contributed by atoms with Gasteiger partial charge in [0.15, 0.2) is 0 Å². The van der Waals surface area contributed by atoms with E-state index in [9.17, 15) is 9.59 Å². The molecule has 0 unspecified atom stereocenters. The van der Waals surface area contributed by atoms with E-state index in [0.29, 0.717) is 17.6 Å². The molecule has 7 heteroatoms. The number of nitrogens with one attached hydrogen (secondary N) is 1. The van der Waals surface area contributed by atoms with Crippen molar-refractivity contribution in [3.8, 4) is 0 Å². The first-order chi connectivity index (χ1) is 13.4. The number of hydrogen-bond acceptors (Lipinski definition) is 3. The molecule has 0 radical (unpaired) electrons. The van der Waals surface area contributed by atoms with Crippen molar-refractivity contribution >= 4 is 51.7 Å². The number of anilines is 1. The van der Waals surface area contributed by atoms with Crippen LogP contribution in [0, 0.1) is 0 Å². The molecule has 2 N–H and O–H groups in total. The van der Waals surface area contributed by atoms with Crippen molar-refractivity contribution in [2.24, 2.45) is 0 Å². The second-order valence-corrected chi connectivity index (χ2v) is 7.08. The van der Waals surface area contributed by atoms with Crippen LogP contribution in [-0.2, 0) is 17.6 Å². The summed E-state index contributed by atoms with van der Waals surface area (Å²) in [6.45, 7) is 2.00. The minimum atomic E-state index is -0.857. The van der Waals surface area contributed by atoms with Crippen LogP contribution in [0.4, 0.5) is 5.69 Å². The van der Waals surface area contributed by atoms with E-state index in [0.717, 1.165) is 22.9 Å². The highest BCUT2D eigenvalue weighted by Crippen LogP contribution is 2.30. The number of fused-ring (bicyclic) bond motifs is 1. The number of carbonyl (C=O) groups excluding carboxylic acids is 1. The van der Waals surface area contributed by atoms with Crippen molar-refractivity contribution in [1.82, 2.24) is 4.98 Å². The van der Waals surface area contributed by atoms with E-state index in [2.05, 4.69) is 10.3 Å². The standard InChI is InChI=1S/C21H18Cl2N2O3/c1-2-12-11-24-20-14(13(12)9-10-18(26)27)5-3-8-17(20)25-21(28)19-15(22)6-4-7-16(19)23/h3-8,11H,2,9-10H2,1H3,(H,25,28)(H,26,27). The fraction of sp³-hybridized carbons (Fsp3) is 0.190. The van der Waals surface area contributed by atoms with Gasteiger partial charge in [0, 0.05) is 18.0 Å². The molecule has 3 aromatic rings. The number of aryl methyl sites for hydroxylation is 2. The van der Waals surface area contributed by atoms with Crippen LogP contribution in [0.3, 0.4) is 0 Å². The van der Waals surface area contributed by atoms with E-state index in [-0.39, 0.29) is 22.0 Å². The second-order valence-electron chi connectivity index (χ2n) is 6.26. The summed E-state index contributed by atoms with van der Waals surface area (Å²) in [6, 6.07) is 10.3. The molecule has 3 rings (SSSR count). The predicted molar refractivity (Wildman–Crippen MR) is 111 cm³/mol. The van der Waals surface area contributed by atoms with Crippen LogP contribution in [0.5, 0.6) is 0 Å². The van der Waals surface area contributed by atoms with Gasteiger partial charge in [-0.2, -0.15) is 0 Å². The van der Waals surface area contributed by atoms with Gasteiger partial charge >= 0.3 is 5.97 Å². The van der Waals surface area contributed by atoms with Crippen molar-refractivity contribution in [3.05, 3.63) is 69.3 Å². The lowest BCUT2D eigenvalue weighted by molar-refractivity contribution is -0.136. The van der Waals surface area contributed by atoms with Gasteiger partial charge in [-0.15, -0.1) is 0 Å². The minimum Gasteiger partial charge on any atom is -0.481 e. The largest absolute Gasteiger partial charge is 0.481 e. The summed E-state index contributed by atoms with van der Waals surface area (Å²) in [6.07, 6.45) is 2.89. The number of benzene rings is 2. The first kappa shape index (κ1) is 20.1. The smallest absolute Gasteiger partial charge is 0.303 e. The Hall–Kier alpha value is -2.63. The molecule has 0 bridgehead atoms. The van der Waals surface area contributed by atoms with Gasteiger partial charge in [-0.05, 0) is 42.2 Å². The summed E-state index contributed by atoms with van der Waals surface area (Å²) in [7, 11) is 0. The van der Waals surface area contributed by atoms with Crippen LogP contribution < -0.4 is 5.32 Å². The van der Waals surface area contributed by atoms with Crippen LogP contribution >= 0.6 is 23.2 Å². The average Bonchev–Trinajstić information content (AvgIpc) is 2.66. The first-order valence-electron chi connectivity index (χ1n) is 8.79. The lowest BCUT2D eigenvalue weighted by atomic mass is 9.97. The number of carbonyl (C=O) groups is 2. The molecule has 0 spiro atoms. The molecule has 0 saturated carbocycles. The highest BCUT2D eigenvalue weighted by molar-refractivity contribution is 6.40. The third-order valence-electron chi connectivity index (χ3n) is 4.51. The second kappa shape index (κ2) is 8.59. The molecule has 2 aromatic carbocycles. The number of carboxylic acid groups (broad SMARTS) is 1. The Kier molecular flexibility index (Phi) is 6.17. The maximum Gasteiger partial charge on any atom is 0.303 e. The summed E-state index contributed by atoms with van der Waals surface area (Å²) in [4.78, 5) is 28.3. The van der Waals surface area contributed by atoms with E-state index < -0.39 is 11.9 Å². The van der Waals surface area contributed by atoms with Gasteiger partial charge in [-0.25, -0.2) is 0 Å². The fourth-order valence-electron chi connectivity index (χ4n) is 3.15. The van der Waals surface area contributed by atoms with Gasteiger partial charge in [-0.1, -0.05) is 48.3 Å². The highest BCUT2D eigenvalue weighted by Gasteiger charge is 2.17. The van der Waals surface area contributed by atoms with E-state index in [1.54, 1.807) is 36.5 Å². The SMILES string of the molecule is CCc1cnc2c(NC(=O)c3c(Cl)cccc3Cl)cccc2c1CCC(=O)O. The molecule has 144 valence electrons. The molecule has 1 heterocycles. The summed E-state index contributed by atoms with van der Waals surface area (Å²) in [5.74, 6) is -1.29. The van der Waals surface area contributed by atoms with Gasteiger partial charge in [-0.3, -0.25) is 14.6 Å². The summed E-state index contributed by atoms with van der Waals surface area (Å²) in [5, 5.41) is 13.2. The predicted octanol–water partition coefficient (Wildman–Crippen LogP) is 5.37. The third kappa shape index (κ3) is 4.11. The summed E-state index contributed by atoms with van der Waals surface area (Å²) < 4.78 is 0. The first-order valence-corrected chi connectivity index (χ1v) is 9.54. The lowest BCUT2D eigenvalue weighted by Gasteiger charge is -2.14. The Balaban J connectivity index is 2.04. The zero-order chi connectivity index (χ0) is 20.3. The molecule has 0 atom stereocenters. The molecular weight excluding hydrogens is 399 g/mol. The molecule has 1 aromatic heterocycles. The zero-order valence-corrected chi connectivity index (χ0v) is 16.6. The Morgan fingerprint density at radius 2 is 1.79 bits per heavy atom. The van der Waals surface area contributed by atoms with Crippen molar-refractivity contribution in [2.45, 2.75) is 26.2 Å². The molecular formula is C21H18Cl2N2O3. The molecule has 5 nitrogen and oxygen atoms in total. The molecule has 1 amide bonds. The molecule has 0 aliphatic rings. The number of nitrogens with zero attached hydrogens (tertiary/aromatic N) is 1. The number of pyridine rings is 1. The minimum absolute atomic E-state index is 0.0257. The Morgan fingerprint density at radius 1 is 1.11 bits per heavy atom. The zero-order valence-electron chi connectivity index (χ0n) is 15.1. The van der Waals surface area contributed by atoms with Gasteiger partial charge < -0.3 is 10.4 Å². The quantitative estimate of drug-likeness (QED) is 0.565. The van der Waals surface area contributed by atoms with Crippen LogP contribution in [0.15, 0.2) is 42.6 Å². The number of aliphatic carboxylic acids is 1. The third-order valence-corrected chi connectivity index (χ3v) is 5.14. The highest BCUT2D eigenvalue weighted by atomic mass is 35.5. The Bertz CT molecular complexity index is 1050. The molecule has 0 aliphatic carbocycles. The number of para-hydroxylation sites is 1. The Labute approximate surface area is 172 Å². The number of halogens is 2. The van der Waals surface area contributed by atoms with Crippen molar-refractivity contribution < 1.29 is 14.7 Å². The molecule has 0 aliphatic heterocycles. The van der Waals surface area contributed by atoms with Crippen molar-refractivity contribution in [2.75, 3.05) is 5.32 Å². The van der Waals surface area contributed by atoms with Crippen LogP contribution in [0.1, 0.15) is 34.8 Å². The van der Waals surface area contributed by atoms with Crippen molar-refractivity contribution in [1.29, 1.82) is 0 Å². The monoisotopic (exact) mass is 416 g/mol. The fourth-order valence-corrected chi connectivity index (χ4v) is 3.72. The number of aromatic nitrogens is 1. The number of amides is 1. The van der Waals surface area contributed by atoms with E-state index in [1.807, 2.05) is 13.0 Å². The summed E-state index contributed by atoms with van der Waals surface area (Å²) >= 11 is 12.3. The molecule has 0 saturated heterocycles. The lowest BCUT2D eigenvalue weighted by Crippen LogP contribution is -2.14. The van der Waals surface area contributed by atoms with E-state index in [1.165, 1.54) is 0 Å². The number of hydrogen-bond donors (Lipinski definition) is 2. The van der Waals surface area contributed by atoms with Crippen LogP contribution in [-0.4, -0.2) is 22.0 Å². The number of carboxylic acids is 1. The van der Waals surface area contributed by atoms with Crippen molar-refractivity contribution in [3.63, 3.8) is 0 Å².